The maximum absolute atomic E-state index is 11.6. The van der Waals surface area contributed by atoms with Crippen LogP contribution in [-0.4, -0.2) is 11.9 Å². The van der Waals surface area contributed by atoms with E-state index in [0.717, 1.165) is 5.56 Å². The van der Waals surface area contributed by atoms with Crippen molar-refractivity contribution >= 4 is 11.9 Å². The summed E-state index contributed by atoms with van der Waals surface area (Å²) in [5.41, 5.74) is 2.02. The second-order valence-corrected chi connectivity index (χ2v) is 4.39. The van der Waals surface area contributed by atoms with Crippen LogP contribution in [-0.2, 0) is 20.7 Å². The van der Waals surface area contributed by atoms with Gasteiger partial charge in [-0.05, 0) is 11.5 Å². The molecule has 0 saturated heterocycles. The molecule has 0 saturated carbocycles. The number of carbonyl (C=O) groups is 2. The molecule has 0 aliphatic carbocycles. The highest BCUT2D eigenvalue weighted by Gasteiger charge is 2.34. The van der Waals surface area contributed by atoms with Crippen molar-refractivity contribution in [2.24, 2.45) is 5.92 Å². The Balaban J connectivity index is 2.35. The minimum atomic E-state index is -0.498. The van der Waals surface area contributed by atoms with E-state index in [1.807, 2.05) is 44.2 Å². The molecule has 0 spiro atoms. The highest BCUT2D eigenvalue weighted by atomic mass is 16.6. The number of esters is 2. The van der Waals surface area contributed by atoms with Gasteiger partial charge in [-0.25, -0.2) is 9.59 Å². The van der Waals surface area contributed by atoms with Gasteiger partial charge in [0.1, 0.15) is 0 Å². The first-order valence-electron chi connectivity index (χ1n) is 5.63. The third-order valence-electron chi connectivity index (χ3n) is 2.78. The van der Waals surface area contributed by atoms with Crippen molar-refractivity contribution in [2.75, 3.05) is 0 Å². The summed E-state index contributed by atoms with van der Waals surface area (Å²) in [6.45, 7) is 3.78. The molecule has 2 rings (SSSR count). The van der Waals surface area contributed by atoms with Crippen LogP contribution >= 0.6 is 0 Å². The van der Waals surface area contributed by atoms with E-state index in [1.165, 1.54) is 0 Å². The molecule has 0 radical (unpaired) electrons. The number of benzene rings is 1. The van der Waals surface area contributed by atoms with E-state index in [4.69, 9.17) is 0 Å². The molecule has 3 heteroatoms. The molecule has 1 heterocycles. The Morgan fingerprint density at radius 3 is 2.29 bits per heavy atom. The minimum Gasteiger partial charge on any atom is -0.386 e. The van der Waals surface area contributed by atoms with E-state index in [2.05, 4.69) is 4.74 Å². The van der Waals surface area contributed by atoms with Crippen LogP contribution in [0.1, 0.15) is 19.4 Å². The first-order valence-corrected chi connectivity index (χ1v) is 5.63. The number of carbonyl (C=O) groups excluding carboxylic acids is 2. The third-order valence-corrected chi connectivity index (χ3v) is 2.78. The molecule has 3 nitrogen and oxygen atoms in total. The van der Waals surface area contributed by atoms with Gasteiger partial charge in [0.05, 0.1) is 11.1 Å². The molecule has 1 aromatic carbocycles. The largest absolute Gasteiger partial charge is 0.386 e. The number of ether oxygens (including phenoxy) is 1. The van der Waals surface area contributed by atoms with Crippen LogP contribution in [0.25, 0.3) is 0 Å². The SMILES string of the molecule is CC(C)C1=C(Cc2ccccc2)C(=O)OC1=O. The molecule has 0 unspecified atom stereocenters. The number of hydrogen-bond acceptors (Lipinski definition) is 3. The van der Waals surface area contributed by atoms with Gasteiger partial charge in [-0.15, -0.1) is 0 Å². The van der Waals surface area contributed by atoms with Gasteiger partial charge in [0.2, 0.25) is 0 Å². The van der Waals surface area contributed by atoms with E-state index in [-0.39, 0.29) is 5.92 Å². The maximum atomic E-state index is 11.6. The fraction of sp³-hybridized carbons (Fsp3) is 0.286. The second kappa shape index (κ2) is 4.53. The predicted octanol–water partition coefficient (Wildman–Crippen LogP) is 2.27. The summed E-state index contributed by atoms with van der Waals surface area (Å²) in [6, 6.07) is 9.60. The lowest BCUT2D eigenvalue weighted by atomic mass is 9.95. The molecule has 1 aromatic rings. The summed E-state index contributed by atoms with van der Waals surface area (Å²) < 4.78 is 4.67. The fourth-order valence-electron chi connectivity index (χ4n) is 1.99. The topological polar surface area (TPSA) is 43.4 Å². The summed E-state index contributed by atoms with van der Waals surface area (Å²) in [6.07, 6.45) is 0.457. The van der Waals surface area contributed by atoms with Gasteiger partial charge < -0.3 is 4.74 Å². The van der Waals surface area contributed by atoms with Crippen molar-refractivity contribution in [1.29, 1.82) is 0 Å². The van der Waals surface area contributed by atoms with Crippen LogP contribution < -0.4 is 0 Å². The van der Waals surface area contributed by atoms with Gasteiger partial charge >= 0.3 is 11.9 Å². The van der Waals surface area contributed by atoms with Crippen LogP contribution in [0.5, 0.6) is 0 Å². The molecule has 1 aliphatic heterocycles. The maximum Gasteiger partial charge on any atom is 0.342 e. The molecule has 0 aromatic heterocycles. The van der Waals surface area contributed by atoms with Crippen molar-refractivity contribution in [1.82, 2.24) is 0 Å². The van der Waals surface area contributed by atoms with Gasteiger partial charge in [-0.3, -0.25) is 0 Å². The normalized spacial score (nSPS) is 15.7. The number of hydrogen-bond donors (Lipinski definition) is 0. The van der Waals surface area contributed by atoms with E-state index in [9.17, 15) is 9.59 Å². The molecule has 0 bridgehead atoms. The molecule has 1 aliphatic rings. The zero-order valence-electron chi connectivity index (χ0n) is 9.90. The molecule has 0 fully saturated rings. The summed E-state index contributed by atoms with van der Waals surface area (Å²) in [4.78, 5) is 23.1. The summed E-state index contributed by atoms with van der Waals surface area (Å²) >= 11 is 0. The summed E-state index contributed by atoms with van der Waals surface area (Å²) in [5.74, 6) is -0.980. The zero-order chi connectivity index (χ0) is 12.4. The van der Waals surface area contributed by atoms with E-state index in [1.54, 1.807) is 0 Å². The van der Waals surface area contributed by atoms with E-state index in [0.29, 0.717) is 17.6 Å². The Kier molecular flexibility index (Phi) is 3.09. The molecule has 0 atom stereocenters. The summed E-state index contributed by atoms with van der Waals surface area (Å²) in [5, 5.41) is 0. The summed E-state index contributed by atoms with van der Waals surface area (Å²) in [7, 11) is 0. The molecule has 0 N–H and O–H groups in total. The van der Waals surface area contributed by atoms with Crippen molar-refractivity contribution in [3.8, 4) is 0 Å². The first-order chi connectivity index (χ1) is 8.09. The van der Waals surface area contributed by atoms with E-state index < -0.39 is 11.9 Å². The Hall–Kier alpha value is -1.90. The van der Waals surface area contributed by atoms with Crippen LogP contribution in [0, 0.1) is 5.92 Å². The van der Waals surface area contributed by atoms with Gasteiger partial charge in [-0.2, -0.15) is 0 Å². The first kappa shape index (κ1) is 11.6. The van der Waals surface area contributed by atoms with Gasteiger partial charge in [0.15, 0.2) is 0 Å². The lowest BCUT2D eigenvalue weighted by Gasteiger charge is -2.05. The van der Waals surface area contributed by atoms with Crippen LogP contribution in [0.2, 0.25) is 0 Å². The lowest BCUT2D eigenvalue weighted by Crippen LogP contribution is -2.05. The van der Waals surface area contributed by atoms with Gasteiger partial charge in [-0.1, -0.05) is 44.2 Å². The average Bonchev–Trinajstić information content (AvgIpc) is 2.55. The fourth-order valence-corrected chi connectivity index (χ4v) is 1.99. The Morgan fingerprint density at radius 2 is 1.71 bits per heavy atom. The molecule has 17 heavy (non-hydrogen) atoms. The van der Waals surface area contributed by atoms with Crippen LogP contribution in [0.15, 0.2) is 41.5 Å². The van der Waals surface area contributed by atoms with Crippen molar-refractivity contribution in [3.63, 3.8) is 0 Å². The smallest absolute Gasteiger partial charge is 0.342 e. The van der Waals surface area contributed by atoms with E-state index >= 15 is 0 Å². The lowest BCUT2D eigenvalue weighted by molar-refractivity contribution is -0.151. The van der Waals surface area contributed by atoms with Gasteiger partial charge in [0, 0.05) is 6.42 Å². The monoisotopic (exact) mass is 230 g/mol. The average molecular weight is 230 g/mol. The van der Waals surface area contributed by atoms with Crippen LogP contribution in [0.4, 0.5) is 0 Å². The molecular formula is C14H14O3. The van der Waals surface area contributed by atoms with Crippen molar-refractivity contribution < 1.29 is 14.3 Å². The molecular weight excluding hydrogens is 216 g/mol. The third kappa shape index (κ3) is 2.28. The van der Waals surface area contributed by atoms with Crippen LogP contribution in [0.3, 0.4) is 0 Å². The van der Waals surface area contributed by atoms with Crippen molar-refractivity contribution in [2.45, 2.75) is 20.3 Å². The Morgan fingerprint density at radius 1 is 1.06 bits per heavy atom. The minimum absolute atomic E-state index is 0.00709. The standard InChI is InChI=1S/C14H14O3/c1-9(2)12-11(13(15)17-14(12)16)8-10-6-4-3-5-7-10/h3-7,9H,8H2,1-2H3. The Labute approximate surface area is 100 Å². The molecule has 88 valence electrons. The quantitative estimate of drug-likeness (QED) is 0.591. The van der Waals surface area contributed by atoms with Gasteiger partial charge in [0.25, 0.3) is 0 Å². The molecule has 0 amide bonds. The highest BCUT2D eigenvalue weighted by molar-refractivity contribution is 6.12. The number of cyclic esters (lactones) is 2. The number of rotatable bonds is 3. The van der Waals surface area contributed by atoms with Crippen molar-refractivity contribution in [3.05, 3.63) is 47.0 Å². The zero-order valence-corrected chi connectivity index (χ0v) is 9.90. The highest BCUT2D eigenvalue weighted by Crippen LogP contribution is 2.26. The Bertz CT molecular complexity index is 483. The second-order valence-electron chi connectivity index (χ2n) is 4.39. The predicted molar refractivity (Wildman–Crippen MR) is 63.1 cm³/mol.